The molecule has 1 unspecified atom stereocenters. The highest BCUT2D eigenvalue weighted by molar-refractivity contribution is 7.11. The second-order valence-electron chi connectivity index (χ2n) is 5.11. The summed E-state index contributed by atoms with van der Waals surface area (Å²) in [6.07, 6.45) is 0. The van der Waals surface area contributed by atoms with E-state index in [9.17, 15) is 8.78 Å². The minimum absolute atomic E-state index is 0.132. The van der Waals surface area contributed by atoms with Gasteiger partial charge in [0.25, 0.3) is 0 Å². The zero-order valence-electron chi connectivity index (χ0n) is 12.0. The van der Waals surface area contributed by atoms with E-state index in [1.807, 2.05) is 27.7 Å². The molecule has 1 aromatic heterocycles. The van der Waals surface area contributed by atoms with Gasteiger partial charge in [-0.15, -0.1) is 11.3 Å². The molecule has 5 heteroatoms. The largest absolute Gasteiger partial charge is 0.302 e. The predicted octanol–water partition coefficient (Wildman–Crippen LogP) is 4.13. The topological polar surface area (TPSA) is 24.9 Å². The molecule has 2 aromatic rings. The molecule has 0 saturated heterocycles. The number of rotatable bonds is 4. The lowest BCUT2D eigenvalue weighted by Crippen LogP contribution is -2.29. The van der Waals surface area contributed by atoms with E-state index in [4.69, 9.17) is 0 Å². The van der Waals surface area contributed by atoms with Gasteiger partial charge >= 0.3 is 0 Å². The lowest BCUT2D eigenvalue weighted by molar-refractivity contribution is 0.496. The third-order valence-electron chi connectivity index (χ3n) is 3.06. The molecule has 0 aliphatic heterocycles. The highest BCUT2D eigenvalue weighted by Crippen LogP contribution is 2.30. The van der Waals surface area contributed by atoms with E-state index in [2.05, 4.69) is 10.3 Å². The summed E-state index contributed by atoms with van der Waals surface area (Å²) in [5.41, 5.74) is 1.23. The number of halogens is 2. The van der Waals surface area contributed by atoms with Crippen LogP contribution in [0.2, 0.25) is 0 Å². The molecule has 0 aliphatic rings. The molecule has 0 bridgehead atoms. The second kappa shape index (κ2) is 5.97. The zero-order chi connectivity index (χ0) is 14.9. The standard InChI is InChI=1S/C15H18F2N2S/c1-8(2)18-14(15-19-9(3)10(4)20-15)12-7-11(16)5-6-13(12)17/h5-8,14,18H,1-4H3. The van der Waals surface area contributed by atoms with Crippen molar-refractivity contribution < 1.29 is 8.78 Å². The molecule has 1 aromatic carbocycles. The first-order valence-corrected chi connectivity index (χ1v) is 7.35. The van der Waals surface area contributed by atoms with E-state index in [1.54, 1.807) is 0 Å². The van der Waals surface area contributed by atoms with Crippen LogP contribution in [-0.2, 0) is 0 Å². The van der Waals surface area contributed by atoms with E-state index in [0.29, 0.717) is 5.56 Å². The van der Waals surface area contributed by atoms with Crippen molar-refractivity contribution in [1.82, 2.24) is 10.3 Å². The molecule has 0 fully saturated rings. The Labute approximate surface area is 121 Å². The summed E-state index contributed by atoms with van der Waals surface area (Å²) in [5, 5.41) is 4.02. The first-order valence-electron chi connectivity index (χ1n) is 6.53. The maximum absolute atomic E-state index is 14.0. The fraction of sp³-hybridized carbons (Fsp3) is 0.400. The minimum atomic E-state index is -0.443. The summed E-state index contributed by atoms with van der Waals surface area (Å²) in [6.45, 7) is 7.84. The summed E-state index contributed by atoms with van der Waals surface area (Å²) in [6, 6.07) is 3.23. The van der Waals surface area contributed by atoms with E-state index >= 15 is 0 Å². The molecule has 0 amide bonds. The van der Waals surface area contributed by atoms with Crippen LogP contribution in [-0.4, -0.2) is 11.0 Å². The second-order valence-corrected chi connectivity index (χ2v) is 6.35. The summed E-state index contributed by atoms with van der Waals surface area (Å²) in [7, 11) is 0. The smallest absolute Gasteiger partial charge is 0.128 e. The van der Waals surface area contributed by atoms with Gasteiger partial charge < -0.3 is 5.32 Å². The number of thiazole rings is 1. The Balaban J connectivity index is 2.49. The van der Waals surface area contributed by atoms with Crippen LogP contribution >= 0.6 is 11.3 Å². The Morgan fingerprint density at radius 2 is 1.90 bits per heavy atom. The summed E-state index contributed by atoms with van der Waals surface area (Å²) < 4.78 is 27.5. The van der Waals surface area contributed by atoms with E-state index in [-0.39, 0.29) is 6.04 Å². The van der Waals surface area contributed by atoms with Gasteiger partial charge in [-0.25, -0.2) is 13.8 Å². The normalized spacial score (nSPS) is 12.9. The van der Waals surface area contributed by atoms with Gasteiger partial charge in [-0.2, -0.15) is 0 Å². The molecule has 1 N–H and O–H groups in total. The van der Waals surface area contributed by atoms with Crippen LogP contribution in [0.5, 0.6) is 0 Å². The highest BCUT2D eigenvalue weighted by Gasteiger charge is 2.23. The van der Waals surface area contributed by atoms with E-state index < -0.39 is 17.7 Å². The molecule has 0 radical (unpaired) electrons. The molecule has 1 atom stereocenters. The van der Waals surface area contributed by atoms with Crippen molar-refractivity contribution in [2.24, 2.45) is 0 Å². The van der Waals surface area contributed by atoms with Gasteiger partial charge in [0, 0.05) is 16.5 Å². The van der Waals surface area contributed by atoms with Crippen molar-refractivity contribution in [3.05, 3.63) is 51.0 Å². The molecule has 0 saturated carbocycles. The maximum atomic E-state index is 14.0. The first kappa shape index (κ1) is 15.1. The van der Waals surface area contributed by atoms with E-state index in [1.165, 1.54) is 17.4 Å². The van der Waals surface area contributed by atoms with Crippen LogP contribution in [0.15, 0.2) is 18.2 Å². The number of hydrogen-bond donors (Lipinski definition) is 1. The van der Waals surface area contributed by atoms with Crippen molar-refractivity contribution in [3.8, 4) is 0 Å². The molecule has 0 aliphatic carbocycles. The van der Waals surface area contributed by atoms with Crippen LogP contribution in [0.4, 0.5) is 8.78 Å². The Morgan fingerprint density at radius 1 is 1.20 bits per heavy atom. The molecule has 1 heterocycles. The van der Waals surface area contributed by atoms with E-state index in [0.717, 1.165) is 27.7 Å². The van der Waals surface area contributed by atoms with Gasteiger partial charge in [0.05, 0.1) is 11.7 Å². The first-order chi connectivity index (χ1) is 9.38. The maximum Gasteiger partial charge on any atom is 0.128 e. The predicted molar refractivity (Wildman–Crippen MR) is 78.1 cm³/mol. The Hall–Kier alpha value is -1.33. The van der Waals surface area contributed by atoms with Crippen molar-refractivity contribution in [1.29, 1.82) is 0 Å². The van der Waals surface area contributed by atoms with Gasteiger partial charge in [-0.1, -0.05) is 0 Å². The minimum Gasteiger partial charge on any atom is -0.302 e. The fourth-order valence-electron chi connectivity index (χ4n) is 1.98. The summed E-state index contributed by atoms with van der Waals surface area (Å²) in [4.78, 5) is 5.57. The number of benzene rings is 1. The summed E-state index contributed by atoms with van der Waals surface area (Å²) in [5.74, 6) is -0.864. The van der Waals surface area contributed by atoms with Crippen molar-refractivity contribution >= 4 is 11.3 Å². The average Bonchev–Trinajstić information content (AvgIpc) is 2.69. The number of aromatic nitrogens is 1. The number of nitrogens with one attached hydrogen (secondary N) is 1. The Bertz CT molecular complexity index is 588. The molecule has 108 valence electrons. The molecule has 20 heavy (non-hydrogen) atoms. The summed E-state index contributed by atoms with van der Waals surface area (Å²) >= 11 is 1.51. The lowest BCUT2D eigenvalue weighted by atomic mass is 10.1. The molecular formula is C15H18F2N2S. The quantitative estimate of drug-likeness (QED) is 0.918. The van der Waals surface area contributed by atoms with Crippen molar-refractivity contribution in [2.75, 3.05) is 0 Å². The fourth-order valence-corrected chi connectivity index (χ4v) is 2.99. The van der Waals surface area contributed by atoms with Gasteiger partial charge in [0.1, 0.15) is 16.6 Å². The average molecular weight is 296 g/mol. The Kier molecular flexibility index (Phi) is 4.50. The van der Waals surface area contributed by atoms with Crippen molar-refractivity contribution in [2.45, 2.75) is 39.8 Å². The van der Waals surface area contributed by atoms with Gasteiger partial charge in [-0.3, -0.25) is 0 Å². The third-order valence-corrected chi connectivity index (χ3v) is 4.20. The van der Waals surface area contributed by atoms with Crippen LogP contribution < -0.4 is 5.32 Å². The number of hydrogen-bond acceptors (Lipinski definition) is 3. The van der Waals surface area contributed by atoms with Crippen LogP contribution in [0.3, 0.4) is 0 Å². The molecule has 2 nitrogen and oxygen atoms in total. The van der Waals surface area contributed by atoms with Gasteiger partial charge in [0.2, 0.25) is 0 Å². The molecule has 0 spiro atoms. The monoisotopic (exact) mass is 296 g/mol. The zero-order valence-corrected chi connectivity index (χ0v) is 12.8. The van der Waals surface area contributed by atoms with Crippen LogP contribution in [0.25, 0.3) is 0 Å². The van der Waals surface area contributed by atoms with Gasteiger partial charge in [0.15, 0.2) is 0 Å². The van der Waals surface area contributed by atoms with Crippen LogP contribution in [0, 0.1) is 25.5 Å². The number of aryl methyl sites for hydroxylation is 2. The molecular weight excluding hydrogens is 278 g/mol. The SMILES string of the molecule is Cc1nc(C(NC(C)C)c2cc(F)ccc2F)sc1C. The van der Waals surface area contributed by atoms with Crippen molar-refractivity contribution in [3.63, 3.8) is 0 Å². The highest BCUT2D eigenvalue weighted by atomic mass is 32.1. The van der Waals surface area contributed by atoms with Crippen LogP contribution in [0.1, 0.15) is 41.0 Å². The third kappa shape index (κ3) is 3.22. The lowest BCUT2D eigenvalue weighted by Gasteiger charge is -2.20. The molecule has 2 rings (SSSR count). The number of nitrogens with zero attached hydrogens (tertiary/aromatic N) is 1. The van der Waals surface area contributed by atoms with Gasteiger partial charge in [-0.05, 0) is 45.9 Å². The Morgan fingerprint density at radius 3 is 2.45 bits per heavy atom.